The normalized spacial score (nSPS) is 22.2. The first-order valence-corrected chi connectivity index (χ1v) is 9.63. The second-order valence-electron chi connectivity index (χ2n) is 6.68. The molecule has 24 heavy (non-hydrogen) atoms. The topological polar surface area (TPSA) is 63.1 Å². The molecule has 128 valence electrons. The molecule has 2 saturated heterocycles. The van der Waals surface area contributed by atoms with E-state index in [1.807, 2.05) is 17.9 Å². The van der Waals surface area contributed by atoms with Crippen LogP contribution in [-0.4, -0.2) is 51.5 Å². The summed E-state index contributed by atoms with van der Waals surface area (Å²) in [6, 6.07) is 0. The van der Waals surface area contributed by atoms with Crippen LogP contribution in [0.4, 0.5) is 0 Å². The molecular weight excluding hydrogens is 322 g/mol. The van der Waals surface area contributed by atoms with Gasteiger partial charge in [0.2, 0.25) is 5.91 Å². The van der Waals surface area contributed by atoms with Gasteiger partial charge in [0, 0.05) is 43.3 Å². The van der Waals surface area contributed by atoms with E-state index < -0.39 is 0 Å². The summed E-state index contributed by atoms with van der Waals surface area (Å²) in [7, 11) is 0. The summed E-state index contributed by atoms with van der Waals surface area (Å²) in [5.41, 5.74) is 2.95. The minimum atomic E-state index is 0.188. The van der Waals surface area contributed by atoms with E-state index in [1.54, 1.807) is 11.3 Å². The molecular formula is C17H23N5OS. The van der Waals surface area contributed by atoms with Gasteiger partial charge in [-0.2, -0.15) is 0 Å². The summed E-state index contributed by atoms with van der Waals surface area (Å²) in [5.74, 6) is 2.10. The lowest BCUT2D eigenvalue weighted by molar-refractivity contribution is -0.136. The third-order valence-corrected chi connectivity index (χ3v) is 5.78. The standard InChI is InChI=1S/C17H23N5OS/c23-17(14-1-4-18-9-14)21-6-2-13(3-7-21)16-19-5-8-22(16)10-15-11-24-12-20-15/h5,8,11-14,18H,1-4,6-7,9-10H2/t14-/m1/s1. The lowest BCUT2D eigenvalue weighted by Gasteiger charge is -2.33. The Morgan fingerprint density at radius 1 is 1.29 bits per heavy atom. The van der Waals surface area contributed by atoms with Gasteiger partial charge in [-0.1, -0.05) is 0 Å². The van der Waals surface area contributed by atoms with Gasteiger partial charge in [-0.25, -0.2) is 9.97 Å². The van der Waals surface area contributed by atoms with E-state index >= 15 is 0 Å². The predicted molar refractivity (Wildman–Crippen MR) is 93.0 cm³/mol. The Bertz CT molecular complexity index is 669. The van der Waals surface area contributed by atoms with Gasteiger partial charge in [-0.3, -0.25) is 4.79 Å². The molecule has 0 bridgehead atoms. The number of likely N-dealkylation sites (tertiary alicyclic amines) is 1. The number of carbonyl (C=O) groups excluding carboxylic acids is 1. The van der Waals surface area contributed by atoms with Crippen molar-refractivity contribution in [2.45, 2.75) is 31.7 Å². The van der Waals surface area contributed by atoms with Gasteiger partial charge in [-0.15, -0.1) is 11.3 Å². The third kappa shape index (κ3) is 3.23. The summed E-state index contributed by atoms with van der Waals surface area (Å²) in [4.78, 5) is 23.5. The van der Waals surface area contributed by atoms with Crippen LogP contribution in [0.25, 0.3) is 0 Å². The molecule has 0 saturated carbocycles. The first kappa shape index (κ1) is 15.8. The Morgan fingerprint density at radius 2 is 2.17 bits per heavy atom. The van der Waals surface area contributed by atoms with E-state index in [0.717, 1.165) is 63.5 Å². The lowest BCUT2D eigenvalue weighted by Crippen LogP contribution is -2.42. The quantitative estimate of drug-likeness (QED) is 0.916. The molecule has 2 fully saturated rings. The Hall–Kier alpha value is -1.73. The minimum absolute atomic E-state index is 0.188. The number of imidazole rings is 1. The fourth-order valence-corrected chi connectivity index (χ4v) is 4.34. The fraction of sp³-hybridized carbons (Fsp3) is 0.588. The summed E-state index contributed by atoms with van der Waals surface area (Å²) in [5, 5.41) is 5.37. The molecule has 2 aromatic heterocycles. The first-order valence-electron chi connectivity index (χ1n) is 8.69. The van der Waals surface area contributed by atoms with E-state index in [4.69, 9.17) is 0 Å². The maximum absolute atomic E-state index is 12.5. The number of thiazole rings is 1. The van der Waals surface area contributed by atoms with Crippen LogP contribution in [-0.2, 0) is 11.3 Å². The molecule has 0 unspecified atom stereocenters. The van der Waals surface area contributed by atoms with E-state index in [-0.39, 0.29) is 5.92 Å². The number of carbonyl (C=O) groups is 1. The molecule has 0 radical (unpaired) electrons. The Balaban J connectivity index is 1.37. The van der Waals surface area contributed by atoms with Crippen LogP contribution in [0, 0.1) is 5.92 Å². The van der Waals surface area contributed by atoms with E-state index in [1.165, 1.54) is 0 Å². The molecule has 0 aliphatic carbocycles. The summed E-state index contributed by atoms with van der Waals surface area (Å²) in [6.45, 7) is 4.30. The largest absolute Gasteiger partial charge is 0.342 e. The molecule has 2 aliphatic heterocycles. The number of hydrogen-bond donors (Lipinski definition) is 1. The van der Waals surface area contributed by atoms with Gasteiger partial charge < -0.3 is 14.8 Å². The van der Waals surface area contributed by atoms with Crippen molar-refractivity contribution >= 4 is 17.2 Å². The Kier molecular flexibility index (Phi) is 4.62. The van der Waals surface area contributed by atoms with Crippen molar-refractivity contribution in [2.75, 3.05) is 26.2 Å². The third-order valence-electron chi connectivity index (χ3n) is 5.14. The second kappa shape index (κ2) is 7.03. The van der Waals surface area contributed by atoms with Crippen molar-refractivity contribution in [2.24, 2.45) is 5.92 Å². The molecule has 2 aliphatic rings. The molecule has 0 aromatic carbocycles. The van der Waals surface area contributed by atoms with Crippen LogP contribution in [0.3, 0.4) is 0 Å². The first-order chi connectivity index (χ1) is 11.8. The van der Waals surface area contributed by atoms with Gasteiger partial charge >= 0.3 is 0 Å². The van der Waals surface area contributed by atoms with E-state index in [2.05, 4.69) is 30.1 Å². The number of aromatic nitrogens is 3. The zero-order valence-corrected chi connectivity index (χ0v) is 14.5. The monoisotopic (exact) mass is 345 g/mol. The lowest BCUT2D eigenvalue weighted by atomic mass is 9.94. The van der Waals surface area contributed by atoms with E-state index in [0.29, 0.717) is 11.8 Å². The summed E-state index contributed by atoms with van der Waals surface area (Å²) in [6.07, 6.45) is 6.90. The maximum atomic E-state index is 12.5. The average molecular weight is 345 g/mol. The fourth-order valence-electron chi connectivity index (χ4n) is 3.79. The number of nitrogens with one attached hydrogen (secondary N) is 1. The van der Waals surface area contributed by atoms with Gasteiger partial charge in [-0.05, 0) is 25.8 Å². The molecule has 2 aromatic rings. The van der Waals surface area contributed by atoms with Crippen molar-refractivity contribution < 1.29 is 4.79 Å². The summed E-state index contributed by atoms with van der Waals surface area (Å²) >= 11 is 1.62. The van der Waals surface area contributed by atoms with Crippen LogP contribution in [0.5, 0.6) is 0 Å². The predicted octanol–water partition coefficient (Wildman–Crippen LogP) is 1.70. The molecule has 7 heteroatoms. The van der Waals surface area contributed by atoms with Crippen molar-refractivity contribution in [1.82, 2.24) is 24.8 Å². The Morgan fingerprint density at radius 3 is 2.88 bits per heavy atom. The smallest absolute Gasteiger partial charge is 0.227 e. The highest BCUT2D eigenvalue weighted by atomic mass is 32.1. The molecule has 1 amide bonds. The number of piperidine rings is 1. The zero-order valence-electron chi connectivity index (χ0n) is 13.7. The minimum Gasteiger partial charge on any atom is -0.342 e. The highest BCUT2D eigenvalue weighted by Gasteiger charge is 2.31. The molecule has 1 atom stereocenters. The molecule has 0 spiro atoms. The van der Waals surface area contributed by atoms with Gasteiger partial charge in [0.05, 0.1) is 23.7 Å². The van der Waals surface area contributed by atoms with Crippen LogP contribution in [0.15, 0.2) is 23.3 Å². The average Bonchev–Trinajstić information content (AvgIpc) is 3.37. The van der Waals surface area contributed by atoms with Crippen molar-refractivity contribution in [1.29, 1.82) is 0 Å². The maximum Gasteiger partial charge on any atom is 0.227 e. The number of rotatable bonds is 4. The van der Waals surface area contributed by atoms with Gasteiger partial charge in [0.25, 0.3) is 0 Å². The van der Waals surface area contributed by atoms with Gasteiger partial charge in [0.15, 0.2) is 0 Å². The van der Waals surface area contributed by atoms with E-state index in [9.17, 15) is 4.79 Å². The highest BCUT2D eigenvalue weighted by molar-refractivity contribution is 7.07. The zero-order chi connectivity index (χ0) is 16.4. The molecule has 4 heterocycles. The second-order valence-corrected chi connectivity index (χ2v) is 7.40. The SMILES string of the molecule is O=C([C@@H]1CCNC1)N1CCC(c2nccn2Cc2cscn2)CC1. The van der Waals surface area contributed by atoms with Crippen molar-refractivity contribution in [3.8, 4) is 0 Å². The van der Waals surface area contributed by atoms with Crippen LogP contribution >= 0.6 is 11.3 Å². The van der Waals surface area contributed by atoms with Crippen molar-refractivity contribution in [3.63, 3.8) is 0 Å². The molecule has 1 N–H and O–H groups in total. The van der Waals surface area contributed by atoms with Gasteiger partial charge in [0.1, 0.15) is 5.82 Å². The highest BCUT2D eigenvalue weighted by Crippen LogP contribution is 2.28. The van der Waals surface area contributed by atoms with Crippen LogP contribution in [0.1, 0.15) is 36.7 Å². The molecule has 4 rings (SSSR count). The molecule has 6 nitrogen and oxygen atoms in total. The number of hydrogen-bond acceptors (Lipinski definition) is 5. The van der Waals surface area contributed by atoms with Crippen LogP contribution in [0.2, 0.25) is 0 Å². The van der Waals surface area contributed by atoms with Crippen LogP contribution < -0.4 is 5.32 Å². The Labute approximate surface area is 145 Å². The number of amides is 1. The summed E-state index contributed by atoms with van der Waals surface area (Å²) < 4.78 is 2.21. The number of nitrogens with zero attached hydrogens (tertiary/aromatic N) is 4. The van der Waals surface area contributed by atoms with Crippen molar-refractivity contribution in [3.05, 3.63) is 34.8 Å².